The van der Waals surface area contributed by atoms with Gasteiger partial charge in [0.05, 0.1) is 22.8 Å². The summed E-state index contributed by atoms with van der Waals surface area (Å²) in [5.41, 5.74) is -0.107. The van der Waals surface area contributed by atoms with Gasteiger partial charge in [-0.25, -0.2) is 14.1 Å². The normalized spacial score (nSPS) is 12.1. The molecule has 0 radical (unpaired) electrons. The monoisotopic (exact) mass is 573 g/mol. The number of rotatable bonds is 10. The van der Waals surface area contributed by atoms with Crippen LogP contribution in [-0.4, -0.2) is 58.5 Å². The highest BCUT2D eigenvalue weighted by atomic mass is 35.5. The Labute approximate surface area is 224 Å². The average molecular weight is 574 g/mol. The van der Waals surface area contributed by atoms with E-state index < -0.39 is 35.9 Å². The molecular weight excluding hydrogens is 554 g/mol. The number of alkyl halides is 3. The number of methoxy groups -OCH3 is 1. The number of carbonyl (C=O) groups is 3. The number of nitrogens with one attached hydrogen (secondary N) is 2. The van der Waals surface area contributed by atoms with E-state index in [1.165, 1.54) is 37.4 Å². The van der Waals surface area contributed by atoms with E-state index in [0.717, 1.165) is 10.7 Å². The second-order valence-corrected chi connectivity index (χ2v) is 8.63. The van der Waals surface area contributed by atoms with E-state index in [-0.39, 0.29) is 39.4 Å². The summed E-state index contributed by atoms with van der Waals surface area (Å²) < 4.78 is 50.8. The van der Waals surface area contributed by atoms with Crippen molar-refractivity contribution in [1.82, 2.24) is 20.1 Å². The summed E-state index contributed by atoms with van der Waals surface area (Å²) in [6.07, 6.45) is -6.27. The fourth-order valence-corrected chi connectivity index (χ4v) is 3.63. The van der Waals surface area contributed by atoms with Gasteiger partial charge in [-0.3, -0.25) is 14.4 Å². The van der Waals surface area contributed by atoms with Gasteiger partial charge < -0.3 is 20.1 Å². The van der Waals surface area contributed by atoms with Crippen LogP contribution in [0, 0.1) is 6.92 Å². The molecule has 10 nitrogen and oxygen atoms in total. The van der Waals surface area contributed by atoms with Crippen LogP contribution >= 0.6 is 23.2 Å². The minimum Gasteiger partial charge on any atom is -0.409 e. The van der Waals surface area contributed by atoms with Crippen molar-refractivity contribution in [2.75, 3.05) is 19.0 Å². The molecule has 1 unspecified atom stereocenters. The van der Waals surface area contributed by atoms with Gasteiger partial charge in [0.15, 0.2) is 5.82 Å². The third kappa shape index (κ3) is 6.60. The van der Waals surface area contributed by atoms with Crippen LogP contribution in [0.5, 0.6) is 5.88 Å². The Morgan fingerprint density at radius 2 is 1.89 bits per heavy atom. The molecule has 3 rings (SSSR count). The van der Waals surface area contributed by atoms with Gasteiger partial charge in [-0.05, 0) is 43.7 Å². The molecule has 3 aromatic rings. The number of pyridine rings is 1. The zero-order valence-electron chi connectivity index (χ0n) is 20.0. The number of ether oxygens (including phenoxy) is 2. The highest BCUT2D eigenvalue weighted by molar-refractivity contribution is 6.32. The van der Waals surface area contributed by atoms with Gasteiger partial charge in [-0.1, -0.05) is 23.2 Å². The predicted octanol–water partition coefficient (Wildman–Crippen LogP) is 4.37. The molecule has 15 heteroatoms. The lowest BCUT2D eigenvalue weighted by molar-refractivity contribution is -0.285. The number of hydrogen-bond donors (Lipinski definition) is 2. The highest BCUT2D eigenvalue weighted by Gasteiger charge is 2.45. The Hall–Kier alpha value is -3.68. The van der Waals surface area contributed by atoms with E-state index in [1.807, 2.05) is 0 Å². The van der Waals surface area contributed by atoms with Crippen LogP contribution in [0.25, 0.3) is 5.82 Å². The second-order valence-electron chi connectivity index (χ2n) is 7.79. The molecule has 0 saturated carbocycles. The molecular formula is C23H20Cl2F3N5O5. The number of anilines is 1. The quantitative estimate of drug-likeness (QED) is 0.369. The zero-order valence-corrected chi connectivity index (χ0v) is 21.5. The topological polar surface area (TPSA) is 124 Å². The number of aromatic nitrogens is 3. The molecule has 2 amide bonds. The first kappa shape index (κ1) is 28.9. The summed E-state index contributed by atoms with van der Waals surface area (Å²) in [5, 5.41) is 8.88. The van der Waals surface area contributed by atoms with Gasteiger partial charge in [-0.15, -0.1) is 5.10 Å². The molecule has 0 spiro atoms. The standard InChI is InChI=1S/C23H20Cl2F3N5O5/c1-11-7-13(24)8-14(20(35)30-10-12(2)34)18(11)31-21(36)16-9-17(38-23(27,28)22(26)37-3)32-33(16)19-15(25)5-4-6-29-19/h4-9,22H,10H2,1-3H3,(H,30,35)(H,31,36). The van der Waals surface area contributed by atoms with Gasteiger partial charge in [0.25, 0.3) is 11.8 Å². The van der Waals surface area contributed by atoms with Crippen molar-refractivity contribution < 1.29 is 37.0 Å². The molecule has 0 bridgehead atoms. The number of aryl methyl sites for hydroxylation is 1. The maximum Gasteiger partial charge on any atom is 0.457 e. The number of carbonyl (C=O) groups excluding carboxylic acids is 3. The Morgan fingerprint density at radius 3 is 2.53 bits per heavy atom. The Bertz CT molecular complexity index is 1390. The fraction of sp³-hybridized carbons (Fsp3) is 0.261. The highest BCUT2D eigenvalue weighted by Crippen LogP contribution is 2.30. The minimum atomic E-state index is -4.45. The van der Waals surface area contributed by atoms with Gasteiger partial charge in [-0.2, -0.15) is 8.78 Å². The van der Waals surface area contributed by atoms with E-state index in [2.05, 4.69) is 30.2 Å². The predicted molar refractivity (Wildman–Crippen MR) is 131 cm³/mol. The number of hydrogen-bond acceptors (Lipinski definition) is 7. The van der Waals surface area contributed by atoms with Crippen molar-refractivity contribution >= 4 is 46.5 Å². The van der Waals surface area contributed by atoms with Crippen LogP contribution < -0.4 is 15.4 Å². The fourth-order valence-electron chi connectivity index (χ4n) is 3.15. The molecule has 2 heterocycles. The van der Waals surface area contributed by atoms with Gasteiger partial charge in [0, 0.05) is 24.4 Å². The first-order valence-corrected chi connectivity index (χ1v) is 11.4. The minimum absolute atomic E-state index is 0.00445. The molecule has 0 fully saturated rings. The zero-order chi connectivity index (χ0) is 28.2. The lowest BCUT2D eigenvalue weighted by Gasteiger charge is -2.18. The summed E-state index contributed by atoms with van der Waals surface area (Å²) in [4.78, 5) is 41.4. The van der Waals surface area contributed by atoms with Crippen molar-refractivity contribution in [3.05, 3.63) is 63.4 Å². The number of benzene rings is 1. The lowest BCUT2D eigenvalue weighted by Crippen LogP contribution is -2.37. The molecule has 0 aliphatic rings. The Kier molecular flexibility index (Phi) is 8.97. The number of amides is 2. The van der Waals surface area contributed by atoms with Crippen molar-refractivity contribution in [2.24, 2.45) is 0 Å². The number of halogens is 5. The van der Waals surface area contributed by atoms with E-state index in [4.69, 9.17) is 23.2 Å². The van der Waals surface area contributed by atoms with Crippen molar-refractivity contribution in [1.29, 1.82) is 0 Å². The second kappa shape index (κ2) is 11.8. The van der Waals surface area contributed by atoms with Crippen LogP contribution in [-0.2, 0) is 9.53 Å². The summed E-state index contributed by atoms with van der Waals surface area (Å²) >= 11 is 12.2. The van der Waals surface area contributed by atoms with Gasteiger partial charge >= 0.3 is 12.5 Å². The van der Waals surface area contributed by atoms with Gasteiger partial charge in [0.1, 0.15) is 11.5 Å². The van der Waals surface area contributed by atoms with Crippen LogP contribution in [0.1, 0.15) is 33.3 Å². The van der Waals surface area contributed by atoms with Crippen LogP contribution in [0.4, 0.5) is 18.9 Å². The Morgan fingerprint density at radius 1 is 1.18 bits per heavy atom. The van der Waals surface area contributed by atoms with Crippen molar-refractivity contribution in [3.8, 4) is 11.7 Å². The number of nitrogens with zero attached hydrogens (tertiary/aromatic N) is 3. The van der Waals surface area contributed by atoms with Crippen LogP contribution in [0.15, 0.2) is 36.5 Å². The SMILES string of the molecule is COC(F)C(F)(F)Oc1cc(C(=O)Nc2c(C)cc(Cl)cc2C(=O)NCC(C)=O)n(-c2ncccc2Cl)n1. The van der Waals surface area contributed by atoms with Gasteiger partial charge in [0.2, 0.25) is 5.88 Å². The van der Waals surface area contributed by atoms with E-state index in [0.29, 0.717) is 12.7 Å². The first-order valence-electron chi connectivity index (χ1n) is 10.7. The number of Topliss-reactive ketones (excluding diaryl/α,β-unsaturated/α-hetero) is 1. The van der Waals surface area contributed by atoms with E-state index in [1.54, 1.807) is 6.92 Å². The molecule has 202 valence electrons. The third-order valence-electron chi connectivity index (χ3n) is 4.85. The maximum atomic E-state index is 14.0. The van der Waals surface area contributed by atoms with Crippen molar-refractivity contribution in [2.45, 2.75) is 26.3 Å². The molecule has 0 saturated heterocycles. The lowest BCUT2D eigenvalue weighted by atomic mass is 10.1. The van der Waals surface area contributed by atoms with E-state index >= 15 is 0 Å². The third-order valence-corrected chi connectivity index (χ3v) is 5.37. The van der Waals surface area contributed by atoms with Crippen LogP contribution in [0.2, 0.25) is 10.0 Å². The maximum absolute atomic E-state index is 14.0. The molecule has 1 aromatic carbocycles. The summed E-state index contributed by atoms with van der Waals surface area (Å²) in [6, 6.07) is 6.43. The molecule has 0 aliphatic heterocycles. The molecule has 1 atom stereocenters. The first-order chi connectivity index (χ1) is 17.8. The largest absolute Gasteiger partial charge is 0.457 e. The Balaban J connectivity index is 2.06. The summed E-state index contributed by atoms with van der Waals surface area (Å²) in [7, 11) is 0.714. The number of ketones is 1. The molecule has 2 aromatic heterocycles. The van der Waals surface area contributed by atoms with Crippen LogP contribution in [0.3, 0.4) is 0 Å². The molecule has 2 N–H and O–H groups in total. The molecule has 0 aliphatic carbocycles. The van der Waals surface area contributed by atoms with Crippen molar-refractivity contribution in [3.63, 3.8) is 0 Å². The molecule has 38 heavy (non-hydrogen) atoms. The summed E-state index contributed by atoms with van der Waals surface area (Å²) in [6.45, 7) is 2.56. The van der Waals surface area contributed by atoms with E-state index in [9.17, 15) is 27.6 Å². The smallest absolute Gasteiger partial charge is 0.409 e. The average Bonchev–Trinajstić information content (AvgIpc) is 3.26. The summed E-state index contributed by atoms with van der Waals surface area (Å²) in [5.74, 6) is -2.96.